The van der Waals surface area contributed by atoms with Crippen molar-refractivity contribution in [1.82, 2.24) is 15.1 Å². The highest BCUT2D eigenvalue weighted by atomic mass is 16.2. The van der Waals surface area contributed by atoms with Crippen LogP contribution in [0.4, 0.5) is 4.79 Å². The Morgan fingerprint density at radius 3 is 2.29 bits per heavy atom. The number of unbranched alkanes of at least 4 members (excludes halogenated alkanes) is 1. The van der Waals surface area contributed by atoms with E-state index in [4.69, 9.17) is 0 Å². The molecular formula is C17H33N3O. The Labute approximate surface area is 130 Å². The normalized spacial score (nSPS) is 21.2. The number of nitrogens with zero attached hydrogens (tertiary/aromatic N) is 2. The van der Waals surface area contributed by atoms with Crippen LogP contribution >= 0.6 is 0 Å². The van der Waals surface area contributed by atoms with Gasteiger partial charge in [-0.1, -0.05) is 32.6 Å². The van der Waals surface area contributed by atoms with E-state index in [1.54, 1.807) is 0 Å². The van der Waals surface area contributed by atoms with Crippen molar-refractivity contribution >= 4 is 6.03 Å². The lowest BCUT2D eigenvalue weighted by atomic mass is 9.91. The van der Waals surface area contributed by atoms with Gasteiger partial charge in [-0.2, -0.15) is 0 Å². The van der Waals surface area contributed by atoms with Crippen molar-refractivity contribution in [3.8, 4) is 0 Å². The van der Waals surface area contributed by atoms with E-state index in [-0.39, 0.29) is 6.03 Å². The fourth-order valence-electron chi connectivity index (χ4n) is 3.74. The maximum atomic E-state index is 13.0. The summed E-state index contributed by atoms with van der Waals surface area (Å²) < 4.78 is 0. The lowest BCUT2D eigenvalue weighted by molar-refractivity contribution is 0.0860. The predicted molar refractivity (Wildman–Crippen MR) is 87.5 cm³/mol. The van der Waals surface area contributed by atoms with Crippen molar-refractivity contribution in [1.29, 1.82) is 0 Å². The number of hydrogen-bond acceptors (Lipinski definition) is 2. The van der Waals surface area contributed by atoms with Crippen LogP contribution in [0.15, 0.2) is 0 Å². The van der Waals surface area contributed by atoms with Gasteiger partial charge in [0.25, 0.3) is 0 Å². The average molecular weight is 295 g/mol. The maximum absolute atomic E-state index is 13.0. The highest BCUT2D eigenvalue weighted by molar-refractivity contribution is 5.75. The molecule has 0 spiro atoms. The molecule has 2 rings (SSSR count). The number of carbonyl (C=O) groups is 1. The fraction of sp³-hybridized carbons (Fsp3) is 0.941. The average Bonchev–Trinajstić information content (AvgIpc) is 2.54. The van der Waals surface area contributed by atoms with E-state index in [1.165, 1.54) is 32.1 Å². The molecular weight excluding hydrogens is 262 g/mol. The molecule has 0 aromatic rings. The first-order valence-electron chi connectivity index (χ1n) is 8.98. The fourth-order valence-corrected chi connectivity index (χ4v) is 3.74. The van der Waals surface area contributed by atoms with Gasteiger partial charge >= 0.3 is 6.03 Å². The second kappa shape index (κ2) is 8.62. The first-order chi connectivity index (χ1) is 10.2. The summed E-state index contributed by atoms with van der Waals surface area (Å²) in [5.41, 5.74) is 0. The van der Waals surface area contributed by atoms with E-state index in [2.05, 4.69) is 17.1 Å². The molecule has 1 saturated heterocycles. The summed E-state index contributed by atoms with van der Waals surface area (Å²) >= 11 is 0. The van der Waals surface area contributed by atoms with E-state index in [9.17, 15) is 4.79 Å². The van der Waals surface area contributed by atoms with Crippen LogP contribution in [0.5, 0.6) is 0 Å². The van der Waals surface area contributed by atoms with Crippen LogP contribution < -0.4 is 5.32 Å². The zero-order valence-corrected chi connectivity index (χ0v) is 13.9. The van der Waals surface area contributed by atoms with E-state index >= 15 is 0 Å². The molecule has 0 atom stereocenters. The van der Waals surface area contributed by atoms with E-state index in [1.807, 2.05) is 11.9 Å². The lowest BCUT2D eigenvalue weighted by Gasteiger charge is -2.43. The van der Waals surface area contributed by atoms with Gasteiger partial charge < -0.3 is 15.1 Å². The van der Waals surface area contributed by atoms with Crippen LogP contribution in [-0.2, 0) is 0 Å². The molecule has 0 bridgehead atoms. The van der Waals surface area contributed by atoms with Crippen LogP contribution in [0, 0.1) is 0 Å². The standard InChI is InChI=1S/C17H33N3O/c1-3-4-14-19(2)17(21)20(15-8-6-5-7-9-15)16-10-12-18-13-11-16/h15-16,18H,3-14H2,1-2H3. The number of hydrogen-bond donors (Lipinski definition) is 1. The molecule has 1 N–H and O–H groups in total. The van der Waals surface area contributed by atoms with Crippen LogP contribution in [0.25, 0.3) is 0 Å². The minimum Gasteiger partial charge on any atom is -0.328 e. The summed E-state index contributed by atoms with van der Waals surface area (Å²) in [4.78, 5) is 17.2. The van der Waals surface area contributed by atoms with Gasteiger partial charge in [-0.25, -0.2) is 4.79 Å². The Morgan fingerprint density at radius 1 is 1.05 bits per heavy atom. The molecule has 4 heteroatoms. The maximum Gasteiger partial charge on any atom is 0.320 e. The highest BCUT2D eigenvalue weighted by Gasteiger charge is 2.33. The third kappa shape index (κ3) is 4.60. The molecule has 21 heavy (non-hydrogen) atoms. The quantitative estimate of drug-likeness (QED) is 0.845. The predicted octanol–water partition coefficient (Wildman–Crippen LogP) is 3.23. The Morgan fingerprint density at radius 2 is 1.67 bits per heavy atom. The van der Waals surface area contributed by atoms with E-state index < -0.39 is 0 Å². The molecule has 4 nitrogen and oxygen atoms in total. The Bertz CT molecular complexity index is 291. The molecule has 1 heterocycles. The third-order valence-corrected chi connectivity index (χ3v) is 5.06. The van der Waals surface area contributed by atoms with Crippen LogP contribution in [0.1, 0.15) is 64.7 Å². The number of rotatable bonds is 5. The number of amides is 2. The molecule has 1 aliphatic heterocycles. The molecule has 2 amide bonds. The molecule has 0 aromatic carbocycles. The van der Waals surface area contributed by atoms with Crippen LogP contribution in [0.3, 0.4) is 0 Å². The molecule has 0 unspecified atom stereocenters. The minimum atomic E-state index is 0.280. The monoisotopic (exact) mass is 295 g/mol. The zero-order chi connectivity index (χ0) is 15.1. The van der Waals surface area contributed by atoms with Crippen LogP contribution in [-0.4, -0.2) is 54.6 Å². The van der Waals surface area contributed by atoms with Crippen LogP contribution in [0.2, 0.25) is 0 Å². The molecule has 1 aliphatic carbocycles. The first-order valence-corrected chi connectivity index (χ1v) is 8.98. The van der Waals surface area contributed by atoms with Crippen molar-refractivity contribution in [2.75, 3.05) is 26.7 Å². The summed E-state index contributed by atoms with van der Waals surface area (Å²) in [7, 11) is 1.98. The summed E-state index contributed by atoms with van der Waals surface area (Å²) in [6, 6.07) is 1.21. The smallest absolute Gasteiger partial charge is 0.320 e. The van der Waals surface area contributed by atoms with Gasteiger partial charge in [-0.15, -0.1) is 0 Å². The van der Waals surface area contributed by atoms with Crippen molar-refractivity contribution in [2.45, 2.75) is 76.8 Å². The summed E-state index contributed by atoms with van der Waals surface area (Å²) in [5.74, 6) is 0. The molecule has 2 aliphatic rings. The van der Waals surface area contributed by atoms with Gasteiger partial charge in [0.1, 0.15) is 0 Å². The van der Waals surface area contributed by atoms with E-state index in [0.29, 0.717) is 12.1 Å². The lowest BCUT2D eigenvalue weighted by Crippen LogP contribution is -2.55. The minimum absolute atomic E-state index is 0.280. The van der Waals surface area contributed by atoms with Gasteiger partial charge in [0, 0.05) is 25.7 Å². The van der Waals surface area contributed by atoms with Crippen molar-refractivity contribution in [2.24, 2.45) is 0 Å². The second-order valence-corrected chi connectivity index (χ2v) is 6.74. The molecule has 122 valence electrons. The summed E-state index contributed by atoms with van der Waals surface area (Å²) in [6.45, 7) is 5.19. The molecule has 0 radical (unpaired) electrons. The Balaban J connectivity index is 2.03. The van der Waals surface area contributed by atoms with Crippen molar-refractivity contribution in [3.05, 3.63) is 0 Å². The SMILES string of the molecule is CCCCN(C)C(=O)N(C1CCCCC1)C1CCNCC1. The molecule has 1 saturated carbocycles. The Hall–Kier alpha value is -0.770. The zero-order valence-electron chi connectivity index (χ0n) is 13.9. The second-order valence-electron chi connectivity index (χ2n) is 6.74. The third-order valence-electron chi connectivity index (χ3n) is 5.06. The van der Waals surface area contributed by atoms with E-state index in [0.717, 1.165) is 45.3 Å². The largest absolute Gasteiger partial charge is 0.328 e. The number of urea groups is 1. The Kier molecular flexibility index (Phi) is 6.81. The van der Waals surface area contributed by atoms with Gasteiger partial charge in [0.15, 0.2) is 0 Å². The highest BCUT2D eigenvalue weighted by Crippen LogP contribution is 2.27. The van der Waals surface area contributed by atoms with Gasteiger partial charge in [0.05, 0.1) is 0 Å². The first kappa shape index (κ1) is 16.6. The molecule has 2 fully saturated rings. The summed E-state index contributed by atoms with van der Waals surface area (Å²) in [6.07, 6.45) is 10.8. The van der Waals surface area contributed by atoms with Crippen molar-refractivity contribution < 1.29 is 4.79 Å². The van der Waals surface area contributed by atoms with Gasteiger partial charge in [-0.3, -0.25) is 0 Å². The van der Waals surface area contributed by atoms with Crippen molar-refractivity contribution in [3.63, 3.8) is 0 Å². The summed E-state index contributed by atoms with van der Waals surface area (Å²) in [5, 5.41) is 3.42. The van der Waals surface area contributed by atoms with Gasteiger partial charge in [-0.05, 0) is 45.2 Å². The topological polar surface area (TPSA) is 35.6 Å². The number of piperidine rings is 1. The molecule has 0 aromatic heterocycles. The number of carbonyl (C=O) groups excluding carboxylic acids is 1. The number of nitrogens with one attached hydrogen (secondary N) is 1. The van der Waals surface area contributed by atoms with Gasteiger partial charge in [0.2, 0.25) is 0 Å².